The average molecular weight is 400 g/mol. The predicted molar refractivity (Wildman–Crippen MR) is 115 cm³/mol. The fourth-order valence-electron chi connectivity index (χ4n) is 3.63. The molecule has 2 aromatic heterocycles. The summed E-state index contributed by atoms with van der Waals surface area (Å²) in [7, 11) is 0. The van der Waals surface area contributed by atoms with Crippen LogP contribution in [-0.2, 0) is 6.54 Å². The van der Waals surface area contributed by atoms with Gasteiger partial charge < -0.3 is 19.8 Å². The Labute approximate surface area is 173 Å². The molecule has 0 aliphatic carbocycles. The molecule has 1 aliphatic rings. The minimum absolute atomic E-state index is 0.200. The van der Waals surface area contributed by atoms with E-state index >= 15 is 0 Å². The SMILES string of the molecule is CCNC(=NCc1cccnc1OCC)NCC(c1ccco1)N1CCCCC1. The van der Waals surface area contributed by atoms with Crippen LogP contribution in [0.15, 0.2) is 46.1 Å². The molecule has 0 aromatic carbocycles. The van der Waals surface area contributed by atoms with Crippen LogP contribution in [0.3, 0.4) is 0 Å². The van der Waals surface area contributed by atoms with Crippen molar-refractivity contribution >= 4 is 5.96 Å². The van der Waals surface area contributed by atoms with Gasteiger partial charge >= 0.3 is 0 Å². The second kappa shape index (κ2) is 11.5. The highest BCUT2D eigenvalue weighted by Gasteiger charge is 2.24. The number of guanidine groups is 1. The minimum atomic E-state index is 0.200. The minimum Gasteiger partial charge on any atom is -0.478 e. The monoisotopic (exact) mass is 399 g/mol. The van der Waals surface area contributed by atoms with Crippen molar-refractivity contribution in [3.05, 3.63) is 48.0 Å². The van der Waals surface area contributed by atoms with Crippen LogP contribution >= 0.6 is 0 Å². The number of nitrogens with one attached hydrogen (secondary N) is 2. The Morgan fingerprint density at radius 3 is 2.79 bits per heavy atom. The van der Waals surface area contributed by atoms with Crippen LogP contribution < -0.4 is 15.4 Å². The molecule has 0 radical (unpaired) electrons. The Bertz CT molecular complexity index is 741. The van der Waals surface area contributed by atoms with E-state index in [9.17, 15) is 0 Å². The van der Waals surface area contributed by atoms with Crippen LogP contribution in [0.2, 0.25) is 0 Å². The van der Waals surface area contributed by atoms with E-state index in [2.05, 4.69) is 33.5 Å². The quantitative estimate of drug-likeness (QED) is 0.498. The Hall–Kier alpha value is -2.54. The second-order valence-electron chi connectivity index (χ2n) is 7.10. The van der Waals surface area contributed by atoms with Crippen molar-refractivity contribution in [1.82, 2.24) is 20.5 Å². The molecule has 1 atom stereocenters. The lowest BCUT2D eigenvalue weighted by Crippen LogP contribution is -2.44. The highest BCUT2D eigenvalue weighted by atomic mass is 16.5. The molecule has 0 spiro atoms. The largest absolute Gasteiger partial charge is 0.478 e. The molecule has 158 valence electrons. The fraction of sp³-hybridized carbons (Fsp3) is 0.545. The first-order chi connectivity index (χ1) is 14.3. The van der Waals surface area contributed by atoms with Gasteiger partial charge in [0.2, 0.25) is 5.88 Å². The molecule has 7 nitrogen and oxygen atoms in total. The van der Waals surface area contributed by atoms with Gasteiger partial charge in [-0.3, -0.25) is 4.90 Å². The molecule has 3 heterocycles. The van der Waals surface area contributed by atoms with Crippen molar-refractivity contribution in [2.24, 2.45) is 4.99 Å². The van der Waals surface area contributed by atoms with E-state index in [0.717, 1.165) is 43.5 Å². The van der Waals surface area contributed by atoms with Crippen molar-refractivity contribution in [3.8, 4) is 5.88 Å². The van der Waals surface area contributed by atoms with E-state index < -0.39 is 0 Å². The predicted octanol–water partition coefficient (Wildman–Crippen LogP) is 3.36. The number of ether oxygens (including phenoxy) is 1. The van der Waals surface area contributed by atoms with Crippen molar-refractivity contribution < 1.29 is 9.15 Å². The maximum atomic E-state index is 5.75. The average Bonchev–Trinajstić information content (AvgIpc) is 3.28. The summed E-state index contributed by atoms with van der Waals surface area (Å²) in [4.78, 5) is 11.6. The zero-order valence-electron chi connectivity index (χ0n) is 17.6. The summed E-state index contributed by atoms with van der Waals surface area (Å²) >= 11 is 0. The molecular weight excluding hydrogens is 366 g/mol. The van der Waals surface area contributed by atoms with E-state index in [-0.39, 0.29) is 6.04 Å². The first-order valence-electron chi connectivity index (χ1n) is 10.7. The number of piperidine rings is 1. The number of likely N-dealkylation sites (tertiary alicyclic amines) is 1. The maximum Gasteiger partial charge on any atom is 0.218 e. The van der Waals surface area contributed by atoms with E-state index in [1.807, 2.05) is 25.1 Å². The van der Waals surface area contributed by atoms with Gasteiger partial charge in [0.25, 0.3) is 0 Å². The lowest BCUT2D eigenvalue weighted by atomic mass is 10.1. The molecule has 1 unspecified atom stereocenters. The highest BCUT2D eigenvalue weighted by Crippen LogP contribution is 2.24. The van der Waals surface area contributed by atoms with Crippen LogP contribution in [0.5, 0.6) is 5.88 Å². The Balaban J connectivity index is 1.67. The molecule has 1 fully saturated rings. The molecule has 29 heavy (non-hydrogen) atoms. The molecule has 0 bridgehead atoms. The van der Waals surface area contributed by atoms with Crippen LogP contribution in [0.25, 0.3) is 0 Å². The second-order valence-corrected chi connectivity index (χ2v) is 7.10. The summed E-state index contributed by atoms with van der Waals surface area (Å²) in [6.45, 7) is 8.88. The topological polar surface area (TPSA) is 74.9 Å². The third-order valence-corrected chi connectivity index (χ3v) is 5.05. The first-order valence-corrected chi connectivity index (χ1v) is 10.7. The van der Waals surface area contributed by atoms with Gasteiger partial charge in [0.15, 0.2) is 5.96 Å². The highest BCUT2D eigenvalue weighted by molar-refractivity contribution is 5.79. The smallest absolute Gasteiger partial charge is 0.218 e. The van der Waals surface area contributed by atoms with E-state index in [1.54, 1.807) is 12.5 Å². The molecule has 0 amide bonds. The number of aliphatic imine (C=N–C) groups is 1. The van der Waals surface area contributed by atoms with Crippen LogP contribution in [0, 0.1) is 0 Å². The van der Waals surface area contributed by atoms with Gasteiger partial charge in [-0.05, 0) is 58.0 Å². The van der Waals surface area contributed by atoms with Crippen molar-refractivity contribution in [1.29, 1.82) is 0 Å². The Morgan fingerprint density at radius 1 is 1.21 bits per heavy atom. The first kappa shape index (κ1) is 21.2. The lowest BCUT2D eigenvalue weighted by molar-refractivity contribution is 0.146. The molecule has 3 rings (SSSR count). The van der Waals surface area contributed by atoms with Crippen molar-refractivity contribution in [3.63, 3.8) is 0 Å². The number of nitrogens with zero attached hydrogens (tertiary/aromatic N) is 3. The van der Waals surface area contributed by atoms with E-state index in [4.69, 9.17) is 14.1 Å². The van der Waals surface area contributed by atoms with Gasteiger partial charge in [-0.2, -0.15) is 0 Å². The van der Waals surface area contributed by atoms with Crippen molar-refractivity contribution in [2.45, 2.75) is 45.7 Å². The van der Waals surface area contributed by atoms with Crippen molar-refractivity contribution in [2.75, 3.05) is 32.8 Å². The fourth-order valence-corrected chi connectivity index (χ4v) is 3.63. The molecule has 7 heteroatoms. The van der Waals surface area contributed by atoms with Gasteiger partial charge in [-0.15, -0.1) is 0 Å². The normalized spacial score (nSPS) is 16.4. The van der Waals surface area contributed by atoms with Gasteiger partial charge in [0, 0.05) is 24.8 Å². The Kier molecular flexibility index (Phi) is 8.37. The molecular formula is C22H33N5O2. The van der Waals surface area contributed by atoms with Crippen LogP contribution in [-0.4, -0.2) is 48.6 Å². The standard InChI is InChI=1S/C22H33N5O2/c1-3-23-22(25-16-18-10-8-12-24-21(18)28-4-2)26-17-19(20-11-9-15-29-20)27-13-6-5-7-14-27/h8-12,15,19H,3-7,13-14,16-17H2,1-2H3,(H2,23,25,26). The molecule has 1 saturated heterocycles. The third-order valence-electron chi connectivity index (χ3n) is 5.05. The van der Waals surface area contributed by atoms with Gasteiger partial charge in [-0.1, -0.05) is 12.5 Å². The van der Waals surface area contributed by atoms with Crippen LogP contribution in [0.4, 0.5) is 0 Å². The number of hydrogen-bond acceptors (Lipinski definition) is 5. The lowest BCUT2D eigenvalue weighted by Gasteiger charge is -2.33. The van der Waals surface area contributed by atoms with Gasteiger partial charge in [-0.25, -0.2) is 9.98 Å². The summed E-state index contributed by atoms with van der Waals surface area (Å²) in [5, 5.41) is 6.84. The summed E-state index contributed by atoms with van der Waals surface area (Å²) in [6, 6.07) is 8.14. The number of hydrogen-bond donors (Lipinski definition) is 2. The number of aromatic nitrogens is 1. The maximum absolute atomic E-state index is 5.75. The molecule has 2 N–H and O–H groups in total. The molecule has 0 saturated carbocycles. The summed E-state index contributed by atoms with van der Waals surface area (Å²) in [5.74, 6) is 2.44. The zero-order valence-corrected chi connectivity index (χ0v) is 17.6. The number of furan rings is 1. The zero-order chi connectivity index (χ0) is 20.3. The summed E-state index contributed by atoms with van der Waals surface area (Å²) in [6.07, 6.45) is 7.29. The third kappa shape index (κ3) is 6.22. The number of rotatable bonds is 9. The number of pyridine rings is 1. The summed E-state index contributed by atoms with van der Waals surface area (Å²) in [5.41, 5.74) is 0.977. The molecule has 2 aromatic rings. The van der Waals surface area contributed by atoms with E-state index in [1.165, 1.54) is 19.3 Å². The molecule has 1 aliphatic heterocycles. The summed E-state index contributed by atoms with van der Waals surface area (Å²) < 4.78 is 11.4. The van der Waals surface area contributed by atoms with E-state index in [0.29, 0.717) is 19.0 Å². The van der Waals surface area contributed by atoms with Crippen LogP contribution in [0.1, 0.15) is 50.5 Å². The Morgan fingerprint density at radius 2 is 2.07 bits per heavy atom. The van der Waals surface area contributed by atoms with Gasteiger partial charge in [0.05, 0.1) is 25.5 Å². The van der Waals surface area contributed by atoms with Gasteiger partial charge in [0.1, 0.15) is 5.76 Å².